The molecule has 0 saturated carbocycles. The maximum atomic E-state index is 12.5. The average molecular weight is 235 g/mol. The van der Waals surface area contributed by atoms with Crippen LogP contribution in [0.15, 0.2) is 18.2 Å². The molecule has 3 nitrogen and oxygen atoms in total. The normalized spacial score (nSPS) is 10.4. The fourth-order valence-electron chi connectivity index (χ4n) is 1.07. The molecule has 1 N–H and O–H groups in total. The summed E-state index contributed by atoms with van der Waals surface area (Å²) in [6.45, 7) is 0. The number of carboxylic acids is 1. The van der Waals surface area contributed by atoms with Crippen molar-refractivity contribution in [1.29, 1.82) is 0 Å². The molecule has 0 heterocycles. The molecule has 80 valence electrons. The van der Waals surface area contributed by atoms with Crippen LogP contribution in [0.5, 0.6) is 0 Å². The van der Waals surface area contributed by atoms with Gasteiger partial charge in [-0.15, -0.1) is 0 Å². The zero-order valence-corrected chi connectivity index (χ0v) is 7.96. The number of halogens is 3. The molecular weight excluding hydrogens is 230 g/mol. The van der Waals surface area contributed by atoms with E-state index in [4.69, 9.17) is 16.7 Å². The molecule has 0 aliphatic rings. The Balaban J connectivity index is 3.35. The van der Waals surface area contributed by atoms with Crippen LogP contribution in [0.1, 0.15) is 22.3 Å². The van der Waals surface area contributed by atoms with Crippen molar-refractivity contribution in [2.45, 2.75) is 6.43 Å². The maximum Gasteiger partial charge on any atom is 0.377 e. The largest absolute Gasteiger partial charge is 0.475 e. The summed E-state index contributed by atoms with van der Waals surface area (Å²) in [5, 5.41) is 8.07. The second-order valence-corrected chi connectivity index (χ2v) is 3.04. The Morgan fingerprint density at radius 1 is 1.33 bits per heavy atom. The van der Waals surface area contributed by atoms with E-state index in [0.29, 0.717) is 0 Å². The summed E-state index contributed by atoms with van der Waals surface area (Å²) in [5.74, 6) is -3.19. The molecule has 0 unspecified atom stereocenters. The number of alkyl halides is 2. The van der Waals surface area contributed by atoms with Crippen LogP contribution < -0.4 is 0 Å². The van der Waals surface area contributed by atoms with Gasteiger partial charge in [0.15, 0.2) is 0 Å². The van der Waals surface area contributed by atoms with E-state index in [1.54, 1.807) is 0 Å². The number of benzene rings is 1. The number of rotatable bonds is 3. The molecule has 0 radical (unpaired) electrons. The molecule has 0 aliphatic carbocycles. The van der Waals surface area contributed by atoms with E-state index in [0.717, 1.165) is 6.07 Å². The lowest BCUT2D eigenvalue weighted by molar-refractivity contribution is -0.131. The number of carbonyl (C=O) groups excluding carboxylic acids is 1. The van der Waals surface area contributed by atoms with E-state index < -0.39 is 29.3 Å². The van der Waals surface area contributed by atoms with Crippen LogP contribution >= 0.6 is 11.6 Å². The summed E-state index contributed by atoms with van der Waals surface area (Å²) < 4.78 is 25.0. The van der Waals surface area contributed by atoms with Crippen molar-refractivity contribution in [1.82, 2.24) is 0 Å². The van der Waals surface area contributed by atoms with Crippen LogP contribution in [0, 0.1) is 0 Å². The zero-order chi connectivity index (χ0) is 11.6. The second kappa shape index (κ2) is 4.35. The van der Waals surface area contributed by atoms with Crippen molar-refractivity contribution in [3.05, 3.63) is 34.3 Å². The Labute approximate surface area is 88.3 Å². The van der Waals surface area contributed by atoms with Crippen molar-refractivity contribution < 1.29 is 23.5 Å². The molecule has 1 rings (SSSR count). The molecule has 15 heavy (non-hydrogen) atoms. The maximum absolute atomic E-state index is 12.5. The Morgan fingerprint density at radius 3 is 2.40 bits per heavy atom. The third-order valence-electron chi connectivity index (χ3n) is 1.71. The third-order valence-corrected chi connectivity index (χ3v) is 2.04. The fraction of sp³-hybridized carbons (Fsp3) is 0.111. The minimum absolute atomic E-state index is 0.322. The van der Waals surface area contributed by atoms with E-state index in [9.17, 15) is 18.4 Å². The van der Waals surface area contributed by atoms with Gasteiger partial charge in [-0.2, -0.15) is 0 Å². The summed E-state index contributed by atoms with van der Waals surface area (Å²) in [5.41, 5.74) is -1.32. The number of aliphatic carboxylic acids is 1. The van der Waals surface area contributed by atoms with Gasteiger partial charge in [0, 0.05) is 11.1 Å². The first-order chi connectivity index (χ1) is 6.95. The van der Waals surface area contributed by atoms with Crippen molar-refractivity contribution in [2.75, 3.05) is 0 Å². The predicted molar refractivity (Wildman–Crippen MR) is 48.4 cm³/mol. The monoisotopic (exact) mass is 234 g/mol. The first-order valence-electron chi connectivity index (χ1n) is 3.79. The second-order valence-electron chi connectivity index (χ2n) is 2.64. The highest BCUT2D eigenvalue weighted by molar-refractivity contribution is 6.41. The van der Waals surface area contributed by atoms with Crippen LogP contribution in [0.4, 0.5) is 8.78 Å². The highest BCUT2D eigenvalue weighted by atomic mass is 35.5. The lowest BCUT2D eigenvalue weighted by Crippen LogP contribution is -2.15. The lowest BCUT2D eigenvalue weighted by Gasteiger charge is -2.07. The molecule has 0 aromatic heterocycles. The van der Waals surface area contributed by atoms with Crippen LogP contribution in [-0.4, -0.2) is 16.9 Å². The van der Waals surface area contributed by atoms with Gasteiger partial charge in [0.25, 0.3) is 12.2 Å². The minimum atomic E-state index is -2.99. The standard InChI is InChI=1S/C9H5ClF2O3/c10-5-3-1-2-4(6(5)8(11)12)7(13)9(14)15/h1-3,8H,(H,14,15). The van der Waals surface area contributed by atoms with E-state index in [-0.39, 0.29) is 5.02 Å². The van der Waals surface area contributed by atoms with Gasteiger partial charge in [0.2, 0.25) is 0 Å². The topological polar surface area (TPSA) is 54.4 Å². The summed E-state index contributed by atoms with van der Waals surface area (Å²) in [4.78, 5) is 21.4. The third kappa shape index (κ3) is 2.30. The quantitative estimate of drug-likeness (QED) is 0.646. The number of Topliss-reactive ketones (excluding diaryl/α,β-unsaturated/α-hetero) is 1. The highest BCUT2D eigenvalue weighted by Crippen LogP contribution is 2.30. The Morgan fingerprint density at radius 2 is 1.93 bits per heavy atom. The molecular formula is C9H5ClF2O3. The number of ketones is 1. The first kappa shape index (κ1) is 11.6. The minimum Gasteiger partial charge on any atom is -0.475 e. The predicted octanol–water partition coefficient (Wildman–Crippen LogP) is 2.54. The van der Waals surface area contributed by atoms with Gasteiger partial charge < -0.3 is 5.11 Å². The van der Waals surface area contributed by atoms with E-state index in [1.165, 1.54) is 12.1 Å². The van der Waals surface area contributed by atoms with E-state index in [1.807, 2.05) is 0 Å². The van der Waals surface area contributed by atoms with Crippen LogP contribution in [0.25, 0.3) is 0 Å². The van der Waals surface area contributed by atoms with Crippen LogP contribution in [0.2, 0.25) is 5.02 Å². The highest BCUT2D eigenvalue weighted by Gasteiger charge is 2.24. The zero-order valence-electron chi connectivity index (χ0n) is 7.21. The van der Waals surface area contributed by atoms with Crippen molar-refractivity contribution >= 4 is 23.4 Å². The number of carbonyl (C=O) groups is 2. The number of carboxylic acid groups (broad SMARTS) is 1. The molecule has 0 fully saturated rings. The molecule has 0 amide bonds. The number of hydrogen-bond donors (Lipinski definition) is 1. The van der Waals surface area contributed by atoms with Crippen LogP contribution in [-0.2, 0) is 4.79 Å². The molecule has 0 saturated heterocycles. The smallest absolute Gasteiger partial charge is 0.377 e. The molecule has 0 bridgehead atoms. The summed E-state index contributed by atoms with van der Waals surface area (Å²) >= 11 is 5.45. The molecule has 1 aromatic carbocycles. The molecule has 0 atom stereocenters. The van der Waals surface area contributed by atoms with Gasteiger partial charge in [-0.3, -0.25) is 4.79 Å². The first-order valence-corrected chi connectivity index (χ1v) is 4.17. The summed E-state index contributed by atoms with van der Waals surface area (Å²) in [7, 11) is 0. The molecule has 0 spiro atoms. The lowest BCUT2D eigenvalue weighted by atomic mass is 10.0. The van der Waals surface area contributed by atoms with Gasteiger partial charge in [-0.1, -0.05) is 23.7 Å². The Kier molecular flexibility index (Phi) is 3.36. The van der Waals surface area contributed by atoms with Gasteiger partial charge in [0.05, 0.1) is 5.02 Å². The summed E-state index contributed by atoms with van der Waals surface area (Å²) in [6.07, 6.45) is -2.99. The molecule has 0 aliphatic heterocycles. The van der Waals surface area contributed by atoms with Gasteiger partial charge in [-0.05, 0) is 6.07 Å². The Bertz CT molecular complexity index is 418. The van der Waals surface area contributed by atoms with E-state index in [2.05, 4.69) is 0 Å². The molecule has 1 aromatic rings. The Hall–Kier alpha value is -1.49. The fourth-order valence-corrected chi connectivity index (χ4v) is 1.33. The molecule has 6 heteroatoms. The van der Waals surface area contributed by atoms with Crippen molar-refractivity contribution in [2.24, 2.45) is 0 Å². The number of hydrogen-bond acceptors (Lipinski definition) is 2. The summed E-state index contributed by atoms with van der Waals surface area (Å²) in [6, 6.07) is 3.41. The van der Waals surface area contributed by atoms with E-state index >= 15 is 0 Å². The van der Waals surface area contributed by atoms with Crippen molar-refractivity contribution in [3.63, 3.8) is 0 Å². The van der Waals surface area contributed by atoms with Crippen molar-refractivity contribution in [3.8, 4) is 0 Å². The van der Waals surface area contributed by atoms with Crippen LogP contribution in [0.3, 0.4) is 0 Å². The SMILES string of the molecule is O=C(O)C(=O)c1cccc(Cl)c1C(F)F. The average Bonchev–Trinajstić information content (AvgIpc) is 2.15. The van der Waals surface area contributed by atoms with Gasteiger partial charge in [0.1, 0.15) is 0 Å². The van der Waals surface area contributed by atoms with Gasteiger partial charge >= 0.3 is 5.97 Å². The van der Waals surface area contributed by atoms with Gasteiger partial charge in [-0.25, -0.2) is 13.6 Å².